The Morgan fingerprint density at radius 2 is 1.02 bits per heavy atom. The van der Waals surface area contributed by atoms with Gasteiger partial charge in [0.05, 0.1) is 16.6 Å². The molecule has 3 nitrogen and oxygen atoms in total. The molecule has 0 saturated carbocycles. The molecule has 9 aromatic rings. The van der Waals surface area contributed by atoms with Crippen molar-refractivity contribution in [1.29, 1.82) is 0 Å². The Bertz CT molecular complexity index is 2930. The topological polar surface area (TPSA) is 38.7 Å². The normalized spacial score (nSPS) is 13.6. The molecule has 0 N–H and O–H groups in total. The van der Waals surface area contributed by atoms with Crippen LogP contribution >= 0.6 is 0 Å². The van der Waals surface area contributed by atoms with E-state index in [0.29, 0.717) is 0 Å². The van der Waals surface area contributed by atoms with Gasteiger partial charge in [-0.15, -0.1) is 0 Å². The highest BCUT2D eigenvalue weighted by molar-refractivity contribution is 6.21. The Balaban J connectivity index is 1.31. The van der Waals surface area contributed by atoms with Gasteiger partial charge < -0.3 is 0 Å². The molecular formula is C48H27N3. The first-order chi connectivity index (χ1) is 25.3. The number of hydrogen-bond acceptors (Lipinski definition) is 3. The van der Waals surface area contributed by atoms with Gasteiger partial charge >= 0.3 is 0 Å². The summed E-state index contributed by atoms with van der Waals surface area (Å²) >= 11 is 0. The van der Waals surface area contributed by atoms with Crippen LogP contribution in [0.25, 0.3) is 88.8 Å². The van der Waals surface area contributed by atoms with Crippen LogP contribution in [0.1, 0.15) is 22.3 Å². The maximum absolute atomic E-state index is 5.56. The van der Waals surface area contributed by atoms with E-state index >= 15 is 0 Å². The third-order valence-electron chi connectivity index (χ3n) is 11.5. The molecule has 7 aromatic carbocycles. The van der Waals surface area contributed by atoms with Gasteiger partial charge in [0, 0.05) is 34.5 Å². The zero-order valence-corrected chi connectivity index (χ0v) is 27.4. The van der Waals surface area contributed by atoms with Crippen LogP contribution in [-0.4, -0.2) is 15.0 Å². The van der Waals surface area contributed by atoms with Gasteiger partial charge in [-0.1, -0.05) is 127 Å². The SMILES string of the molecule is c1ccc2c(c1)-c1ccccc1C21c2ccccc2-c2c1cc1c(c2-c2nc(-c3ccncc3)c3ccccc3n2)-c2cccc3cccc-1c23. The van der Waals surface area contributed by atoms with Gasteiger partial charge in [0.1, 0.15) is 0 Å². The molecule has 51 heavy (non-hydrogen) atoms. The number of benzene rings is 7. The Morgan fingerprint density at radius 1 is 0.412 bits per heavy atom. The standard InChI is InChI=1S/C48H27N3/c1-5-19-37-30(13-1)31-14-2-6-20-38(31)48(37)39-21-7-3-15-33(39)44-40(48)27-36-32-17-9-11-28-12-10-18-35(42(28)32)43(36)45(44)47-50-41-22-8-4-16-34(41)46(51-47)29-23-25-49-26-24-29/h1-27H. The first-order valence-electron chi connectivity index (χ1n) is 17.5. The van der Waals surface area contributed by atoms with Crippen LogP contribution in [0.15, 0.2) is 164 Å². The van der Waals surface area contributed by atoms with Crippen LogP contribution in [0.3, 0.4) is 0 Å². The van der Waals surface area contributed by atoms with Crippen molar-refractivity contribution in [2.24, 2.45) is 0 Å². The number of fused-ring (bicyclic) bond motifs is 14. The fourth-order valence-electron chi connectivity index (χ4n) is 9.65. The van der Waals surface area contributed by atoms with Crippen LogP contribution < -0.4 is 0 Å². The summed E-state index contributed by atoms with van der Waals surface area (Å²) in [6, 6.07) is 55.5. The number of rotatable bonds is 2. The zero-order valence-electron chi connectivity index (χ0n) is 27.4. The monoisotopic (exact) mass is 645 g/mol. The summed E-state index contributed by atoms with van der Waals surface area (Å²) in [5, 5.41) is 3.57. The van der Waals surface area contributed by atoms with Crippen molar-refractivity contribution >= 4 is 21.7 Å². The number of nitrogens with zero attached hydrogens (tertiary/aromatic N) is 3. The van der Waals surface area contributed by atoms with Crippen molar-refractivity contribution in [3.05, 3.63) is 186 Å². The van der Waals surface area contributed by atoms with Gasteiger partial charge in [-0.2, -0.15) is 0 Å². The van der Waals surface area contributed by atoms with Gasteiger partial charge in [0.15, 0.2) is 5.82 Å². The smallest absolute Gasteiger partial charge is 0.161 e. The number of para-hydroxylation sites is 1. The van der Waals surface area contributed by atoms with E-state index in [0.717, 1.165) is 33.5 Å². The molecule has 0 radical (unpaired) electrons. The molecule has 234 valence electrons. The van der Waals surface area contributed by atoms with E-state index in [1.165, 1.54) is 77.5 Å². The lowest BCUT2D eigenvalue weighted by Gasteiger charge is -2.31. The molecule has 3 aliphatic carbocycles. The molecule has 0 fully saturated rings. The van der Waals surface area contributed by atoms with E-state index in [-0.39, 0.29) is 0 Å². The molecule has 0 aliphatic heterocycles. The predicted octanol–water partition coefficient (Wildman–Crippen LogP) is 11.5. The molecule has 0 atom stereocenters. The zero-order chi connectivity index (χ0) is 33.3. The molecule has 0 amide bonds. The summed E-state index contributed by atoms with van der Waals surface area (Å²) in [7, 11) is 0. The quantitative estimate of drug-likeness (QED) is 0.188. The van der Waals surface area contributed by atoms with E-state index < -0.39 is 5.41 Å². The first kappa shape index (κ1) is 27.2. The fourth-order valence-corrected chi connectivity index (χ4v) is 9.65. The highest BCUT2D eigenvalue weighted by atomic mass is 14.9. The Morgan fingerprint density at radius 3 is 1.76 bits per heavy atom. The Hall–Kier alpha value is -6.71. The third-order valence-corrected chi connectivity index (χ3v) is 11.5. The number of hydrogen-bond donors (Lipinski definition) is 0. The van der Waals surface area contributed by atoms with E-state index in [4.69, 9.17) is 9.97 Å². The average Bonchev–Trinajstić information content (AvgIpc) is 3.80. The van der Waals surface area contributed by atoms with Crippen LogP contribution in [-0.2, 0) is 5.41 Å². The molecule has 3 heteroatoms. The van der Waals surface area contributed by atoms with Crippen LogP contribution in [0.2, 0.25) is 0 Å². The molecule has 2 aromatic heterocycles. The summed E-state index contributed by atoms with van der Waals surface area (Å²) in [6.07, 6.45) is 3.69. The fraction of sp³-hybridized carbons (Fsp3) is 0.0208. The molecule has 1 spiro atoms. The summed E-state index contributed by atoms with van der Waals surface area (Å²) in [4.78, 5) is 15.4. The second-order valence-electron chi connectivity index (χ2n) is 13.8. The maximum Gasteiger partial charge on any atom is 0.161 e. The summed E-state index contributed by atoms with van der Waals surface area (Å²) < 4.78 is 0. The molecule has 0 saturated heterocycles. The van der Waals surface area contributed by atoms with Crippen molar-refractivity contribution in [2.75, 3.05) is 0 Å². The minimum atomic E-state index is -0.490. The lowest BCUT2D eigenvalue weighted by Crippen LogP contribution is -2.26. The lowest BCUT2D eigenvalue weighted by atomic mass is 9.70. The van der Waals surface area contributed by atoms with E-state index in [1.54, 1.807) is 0 Å². The molecular weight excluding hydrogens is 619 g/mol. The minimum Gasteiger partial charge on any atom is -0.265 e. The van der Waals surface area contributed by atoms with E-state index in [1.807, 2.05) is 24.5 Å². The van der Waals surface area contributed by atoms with Gasteiger partial charge in [-0.05, 0) is 96.2 Å². The molecule has 0 unspecified atom stereocenters. The van der Waals surface area contributed by atoms with Crippen LogP contribution in [0.5, 0.6) is 0 Å². The van der Waals surface area contributed by atoms with Crippen molar-refractivity contribution in [3.8, 4) is 67.2 Å². The molecule has 2 heterocycles. The second-order valence-corrected chi connectivity index (χ2v) is 13.8. The van der Waals surface area contributed by atoms with Gasteiger partial charge in [-0.3, -0.25) is 4.98 Å². The first-order valence-corrected chi connectivity index (χ1v) is 17.5. The van der Waals surface area contributed by atoms with Crippen LogP contribution in [0.4, 0.5) is 0 Å². The molecule has 3 aliphatic rings. The van der Waals surface area contributed by atoms with Crippen molar-refractivity contribution in [2.45, 2.75) is 5.41 Å². The maximum atomic E-state index is 5.56. The predicted molar refractivity (Wildman–Crippen MR) is 206 cm³/mol. The van der Waals surface area contributed by atoms with E-state index in [2.05, 4.69) is 145 Å². The highest BCUT2D eigenvalue weighted by Crippen LogP contribution is 2.66. The number of pyridine rings is 1. The van der Waals surface area contributed by atoms with Gasteiger partial charge in [0.25, 0.3) is 0 Å². The third kappa shape index (κ3) is 3.31. The summed E-state index contributed by atoms with van der Waals surface area (Å²) in [5.74, 6) is 0.741. The van der Waals surface area contributed by atoms with Crippen LogP contribution in [0, 0.1) is 0 Å². The Kier molecular flexibility index (Phi) is 5.17. The van der Waals surface area contributed by atoms with E-state index in [9.17, 15) is 0 Å². The molecule has 0 bridgehead atoms. The van der Waals surface area contributed by atoms with Gasteiger partial charge in [-0.25, -0.2) is 9.97 Å². The van der Waals surface area contributed by atoms with Crippen molar-refractivity contribution in [3.63, 3.8) is 0 Å². The second kappa shape index (κ2) is 9.71. The summed E-state index contributed by atoms with van der Waals surface area (Å²) in [6.45, 7) is 0. The largest absolute Gasteiger partial charge is 0.265 e. The lowest BCUT2D eigenvalue weighted by molar-refractivity contribution is 0.794. The highest BCUT2D eigenvalue weighted by Gasteiger charge is 2.53. The average molecular weight is 646 g/mol. The van der Waals surface area contributed by atoms with Crippen molar-refractivity contribution in [1.82, 2.24) is 15.0 Å². The Labute approximate surface area is 294 Å². The summed E-state index contributed by atoms with van der Waals surface area (Å²) in [5.41, 5.74) is 18.7. The van der Waals surface area contributed by atoms with Gasteiger partial charge in [0.2, 0.25) is 0 Å². The number of aromatic nitrogens is 3. The molecule has 12 rings (SSSR count). The minimum absolute atomic E-state index is 0.490. The van der Waals surface area contributed by atoms with Crippen molar-refractivity contribution < 1.29 is 0 Å².